The second-order valence-corrected chi connectivity index (χ2v) is 4.10. The van der Waals surface area contributed by atoms with Gasteiger partial charge in [0.2, 0.25) is 0 Å². The number of carbonyl (C=O) groups is 1. The van der Waals surface area contributed by atoms with Gasteiger partial charge in [-0.1, -0.05) is 11.6 Å². The van der Waals surface area contributed by atoms with E-state index in [-0.39, 0.29) is 5.91 Å². The number of aromatic nitrogens is 1. The van der Waals surface area contributed by atoms with E-state index in [0.29, 0.717) is 10.7 Å². The maximum absolute atomic E-state index is 11.6. The summed E-state index contributed by atoms with van der Waals surface area (Å²) >= 11 is 5.90. The molecule has 1 amide bonds. The molecule has 1 heterocycles. The van der Waals surface area contributed by atoms with Crippen molar-refractivity contribution >= 4 is 17.5 Å². The zero-order valence-corrected chi connectivity index (χ0v) is 10.0. The lowest BCUT2D eigenvalue weighted by atomic mass is 10.2. The summed E-state index contributed by atoms with van der Waals surface area (Å²) < 4.78 is 1.77. The number of nitrogens with one attached hydrogen (secondary N) is 1. The van der Waals surface area contributed by atoms with Crippen molar-refractivity contribution in [2.75, 3.05) is 0 Å². The highest BCUT2D eigenvalue weighted by Gasteiger charge is 2.11. The molecule has 0 saturated heterocycles. The summed E-state index contributed by atoms with van der Waals surface area (Å²) in [5, 5.41) is 0.670. The predicted molar refractivity (Wildman–Crippen MR) is 67.2 cm³/mol. The molecule has 1 aromatic carbocycles. The lowest BCUT2D eigenvalue weighted by Gasteiger charge is -2.11. The lowest BCUT2D eigenvalue weighted by molar-refractivity contribution is 0.0947. The lowest BCUT2D eigenvalue weighted by Crippen LogP contribution is -2.31. The van der Waals surface area contributed by atoms with Gasteiger partial charge in [-0.05, 0) is 42.8 Å². The predicted octanol–water partition coefficient (Wildman–Crippen LogP) is 2.04. The zero-order chi connectivity index (χ0) is 12.4. The van der Waals surface area contributed by atoms with Gasteiger partial charge in [-0.25, -0.2) is 5.84 Å². The third kappa shape index (κ3) is 2.18. The van der Waals surface area contributed by atoms with Crippen molar-refractivity contribution in [3.05, 3.63) is 52.8 Å². The van der Waals surface area contributed by atoms with Gasteiger partial charge >= 0.3 is 0 Å². The molecule has 0 atom stereocenters. The highest BCUT2D eigenvalue weighted by molar-refractivity contribution is 6.30. The monoisotopic (exact) mass is 249 g/mol. The highest BCUT2D eigenvalue weighted by Crippen LogP contribution is 2.20. The number of nitrogen functional groups attached to an aromatic ring is 1. The number of carbonyl (C=O) groups excluding carboxylic acids is 1. The molecular formula is C12H12ClN3O. The van der Waals surface area contributed by atoms with Gasteiger partial charge in [-0.3, -0.25) is 10.2 Å². The first kappa shape index (κ1) is 11.7. The van der Waals surface area contributed by atoms with E-state index in [2.05, 4.69) is 5.43 Å². The number of hydrazine groups is 1. The first-order chi connectivity index (χ1) is 8.13. The van der Waals surface area contributed by atoms with Gasteiger partial charge in [0.25, 0.3) is 5.91 Å². The molecule has 5 heteroatoms. The topological polar surface area (TPSA) is 60.0 Å². The smallest absolute Gasteiger partial charge is 0.282 e. The highest BCUT2D eigenvalue weighted by atomic mass is 35.5. The standard InChI is InChI=1S/C12H12ClN3O/c1-8-7-9(13)4-5-10(8)16-6-2-3-11(16)12(17)15-14/h2-7H,14H2,1H3,(H,15,17). The van der Waals surface area contributed by atoms with Gasteiger partial charge in [0.15, 0.2) is 0 Å². The molecule has 0 saturated carbocycles. The quantitative estimate of drug-likeness (QED) is 0.486. The first-order valence-corrected chi connectivity index (χ1v) is 5.46. The number of nitrogens with two attached hydrogens (primary N) is 1. The minimum atomic E-state index is -0.329. The van der Waals surface area contributed by atoms with Gasteiger partial charge in [0.05, 0.1) is 0 Å². The third-order valence-corrected chi connectivity index (χ3v) is 2.77. The molecule has 88 valence electrons. The molecule has 0 aliphatic heterocycles. The van der Waals surface area contributed by atoms with Crippen LogP contribution in [0.1, 0.15) is 16.1 Å². The fraction of sp³-hybridized carbons (Fsp3) is 0.0833. The minimum Gasteiger partial charge on any atom is -0.312 e. The zero-order valence-electron chi connectivity index (χ0n) is 9.27. The van der Waals surface area contributed by atoms with E-state index >= 15 is 0 Å². The van der Waals surface area contributed by atoms with Gasteiger partial charge in [-0.2, -0.15) is 0 Å². The van der Waals surface area contributed by atoms with E-state index in [0.717, 1.165) is 11.3 Å². The van der Waals surface area contributed by atoms with E-state index < -0.39 is 0 Å². The molecular weight excluding hydrogens is 238 g/mol. The van der Waals surface area contributed by atoms with Crippen LogP contribution < -0.4 is 11.3 Å². The van der Waals surface area contributed by atoms with Crippen LogP contribution in [0.5, 0.6) is 0 Å². The Morgan fingerprint density at radius 1 is 1.41 bits per heavy atom. The molecule has 2 aromatic rings. The summed E-state index contributed by atoms with van der Waals surface area (Å²) in [5.74, 6) is 4.81. The molecule has 0 radical (unpaired) electrons. The number of amides is 1. The Morgan fingerprint density at radius 2 is 2.18 bits per heavy atom. The molecule has 0 aliphatic rings. The fourth-order valence-electron chi connectivity index (χ4n) is 1.74. The molecule has 0 spiro atoms. The van der Waals surface area contributed by atoms with Crippen molar-refractivity contribution in [3.8, 4) is 5.69 Å². The molecule has 0 aliphatic carbocycles. The van der Waals surface area contributed by atoms with Crippen LogP contribution in [-0.4, -0.2) is 10.5 Å². The maximum Gasteiger partial charge on any atom is 0.282 e. The van der Waals surface area contributed by atoms with E-state index in [1.807, 2.05) is 19.1 Å². The van der Waals surface area contributed by atoms with Crippen LogP contribution in [0, 0.1) is 6.92 Å². The summed E-state index contributed by atoms with van der Waals surface area (Å²) in [6.07, 6.45) is 1.81. The van der Waals surface area contributed by atoms with Gasteiger partial charge in [0.1, 0.15) is 5.69 Å². The summed E-state index contributed by atoms with van der Waals surface area (Å²) in [7, 11) is 0. The Morgan fingerprint density at radius 3 is 2.82 bits per heavy atom. The Kier molecular flexibility index (Phi) is 3.17. The molecule has 1 aromatic heterocycles. The van der Waals surface area contributed by atoms with E-state index in [4.69, 9.17) is 17.4 Å². The third-order valence-electron chi connectivity index (χ3n) is 2.53. The van der Waals surface area contributed by atoms with Crippen LogP contribution in [0.3, 0.4) is 0 Å². The summed E-state index contributed by atoms with van der Waals surface area (Å²) in [4.78, 5) is 11.6. The van der Waals surface area contributed by atoms with E-state index in [1.165, 1.54) is 0 Å². The van der Waals surface area contributed by atoms with Crippen LogP contribution in [-0.2, 0) is 0 Å². The number of halogens is 1. The van der Waals surface area contributed by atoms with Crippen molar-refractivity contribution in [2.45, 2.75) is 6.92 Å². The number of rotatable bonds is 2. The van der Waals surface area contributed by atoms with Gasteiger partial charge in [0, 0.05) is 16.9 Å². The van der Waals surface area contributed by atoms with Crippen LogP contribution in [0.15, 0.2) is 36.5 Å². The molecule has 0 unspecified atom stereocenters. The average molecular weight is 250 g/mol. The second-order valence-electron chi connectivity index (χ2n) is 3.67. The molecule has 4 nitrogen and oxygen atoms in total. The molecule has 17 heavy (non-hydrogen) atoms. The minimum absolute atomic E-state index is 0.329. The number of hydrogen-bond donors (Lipinski definition) is 2. The first-order valence-electron chi connectivity index (χ1n) is 5.08. The van der Waals surface area contributed by atoms with E-state index in [9.17, 15) is 4.79 Å². The molecule has 3 N–H and O–H groups in total. The number of nitrogens with zero attached hydrogens (tertiary/aromatic N) is 1. The Labute approximate surface area is 104 Å². The second kappa shape index (κ2) is 4.61. The maximum atomic E-state index is 11.6. The Bertz CT molecular complexity index is 563. The van der Waals surface area contributed by atoms with Crippen molar-refractivity contribution in [2.24, 2.45) is 5.84 Å². The summed E-state index contributed by atoms with van der Waals surface area (Å²) in [6, 6.07) is 8.99. The summed E-state index contributed by atoms with van der Waals surface area (Å²) in [5.41, 5.74) is 4.49. The SMILES string of the molecule is Cc1cc(Cl)ccc1-n1cccc1C(=O)NN. The number of benzene rings is 1. The van der Waals surface area contributed by atoms with Crippen LogP contribution >= 0.6 is 11.6 Å². The summed E-state index contributed by atoms with van der Waals surface area (Å²) in [6.45, 7) is 1.94. The van der Waals surface area contributed by atoms with Crippen LogP contribution in [0.2, 0.25) is 5.02 Å². The number of aryl methyl sites for hydroxylation is 1. The van der Waals surface area contributed by atoms with Gasteiger partial charge < -0.3 is 4.57 Å². The van der Waals surface area contributed by atoms with E-state index in [1.54, 1.807) is 29.0 Å². The van der Waals surface area contributed by atoms with Crippen molar-refractivity contribution in [1.29, 1.82) is 0 Å². The Balaban J connectivity index is 2.53. The van der Waals surface area contributed by atoms with Crippen molar-refractivity contribution in [3.63, 3.8) is 0 Å². The average Bonchev–Trinajstić information content (AvgIpc) is 2.77. The number of hydrogen-bond acceptors (Lipinski definition) is 2. The van der Waals surface area contributed by atoms with Crippen LogP contribution in [0.4, 0.5) is 0 Å². The fourth-order valence-corrected chi connectivity index (χ4v) is 1.97. The van der Waals surface area contributed by atoms with Crippen molar-refractivity contribution < 1.29 is 4.79 Å². The van der Waals surface area contributed by atoms with Crippen LogP contribution in [0.25, 0.3) is 5.69 Å². The molecule has 0 bridgehead atoms. The van der Waals surface area contributed by atoms with Crippen molar-refractivity contribution in [1.82, 2.24) is 9.99 Å². The van der Waals surface area contributed by atoms with Gasteiger partial charge in [-0.15, -0.1) is 0 Å². The normalized spacial score (nSPS) is 10.3. The Hall–Kier alpha value is -1.78. The molecule has 2 rings (SSSR count). The largest absolute Gasteiger partial charge is 0.312 e. The molecule has 0 fully saturated rings.